The van der Waals surface area contributed by atoms with Gasteiger partial charge in [-0.1, -0.05) is 102 Å². The molecule has 11 heteroatoms. The van der Waals surface area contributed by atoms with Gasteiger partial charge in [0.15, 0.2) is 16.6 Å². The van der Waals surface area contributed by atoms with Gasteiger partial charge in [-0.15, -0.1) is 13.2 Å². The van der Waals surface area contributed by atoms with Gasteiger partial charge in [-0.25, -0.2) is 0 Å². The van der Waals surface area contributed by atoms with Crippen LogP contribution in [-0.4, -0.2) is 57.7 Å². The van der Waals surface area contributed by atoms with E-state index in [4.69, 9.17) is 20.9 Å². The zero-order valence-corrected chi connectivity index (χ0v) is 34.2. The van der Waals surface area contributed by atoms with Crippen LogP contribution < -0.4 is 15.6 Å². The zero-order chi connectivity index (χ0) is 32.7. The average Bonchev–Trinajstić information content (AvgIpc) is 3.00. The SMILES string of the molecule is C=C[Si](C)(C)O[Si](O[Si](C)(C)C=C)(O[Si](C)(C)CC[Si](C)(C)O[Si](OC)(c1ccccc1)c1ccccc1)c1ccccc1. The molecule has 238 valence electrons. The molecule has 0 bridgehead atoms. The molecule has 0 heterocycles. The van der Waals surface area contributed by atoms with Crippen molar-refractivity contribution in [2.24, 2.45) is 0 Å². The third-order valence-corrected chi connectivity index (χ3v) is 29.8. The summed E-state index contributed by atoms with van der Waals surface area (Å²) in [6.45, 7) is 26.0. The predicted molar refractivity (Wildman–Crippen MR) is 201 cm³/mol. The van der Waals surface area contributed by atoms with Gasteiger partial charge >= 0.3 is 17.4 Å². The minimum Gasteiger partial charge on any atom is -0.429 e. The molecule has 0 saturated heterocycles. The quantitative estimate of drug-likeness (QED) is 0.141. The second-order valence-corrected chi connectivity index (χ2v) is 36.5. The molecule has 3 aromatic carbocycles. The predicted octanol–water partition coefficient (Wildman–Crippen LogP) is 7.07. The van der Waals surface area contributed by atoms with Gasteiger partial charge in [0.25, 0.3) is 0 Å². The summed E-state index contributed by atoms with van der Waals surface area (Å²) in [6.07, 6.45) is 0. The van der Waals surface area contributed by atoms with Gasteiger partial charge in [0, 0.05) is 12.3 Å². The maximum absolute atomic E-state index is 7.36. The van der Waals surface area contributed by atoms with Crippen molar-refractivity contribution in [2.45, 2.75) is 64.5 Å². The highest BCUT2D eigenvalue weighted by atomic mass is 28.5. The van der Waals surface area contributed by atoms with E-state index in [0.717, 1.165) is 27.6 Å². The van der Waals surface area contributed by atoms with E-state index in [2.05, 4.69) is 126 Å². The maximum Gasteiger partial charge on any atom is 0.506 e. The highest BCUT2D eigenvalue weighted by Crippen LogP contribution is 2.31. The van der Waals surface area contributed by atoms with Gasteiger partial charge in [0.1, 0.15) is 0 Å². The lowest BCUT2D eigenvalue weighted by Crippen LogP contribution is -2.68. The summed E-state index contributed by atoms with van der Waals surface area (Å²) in [5.41, 5.74) is 3.93. The van der Waals surface area contributed by atoms with E-state index < -0.39 is 50.6 Å². The van der Waals surface area contributed by atoms with Crippen LogP contribution in [0.3, 0.4) is 0 Å². The number of rotatable bonds is 17. The summed E-state index contributed by atoms with van der Waals surface area (Å²) in [6, 6.07) is 33.0. The lowest BCUT2D eigenvalue weighted by molar-refractivity contribution is 0.273. The molecule has 0 atom stereocenters. The first-order chi connectivity index (χ1) is 20.5. The van der Waals surface area contributed by atoms with Crippen LogP contribution >= 0.6 is 0 Å². The zero-order valence-electron chi connectivity index (χ0n) is 28.2. The van der Waals surface area contributed by atoms with Gasteiger partial charge < -0.3 is 20.9 Å². The summed E-state index contributed by atoms with van der Waals surface area (Å²) in [5, 5.41) is 3.23. The molecule has 0 aromatic heterocycles. The minimum absolute atomic E-state index is 0.907. The van der Waals surface area contributed by atoms with E-state index in [-0.39, 0.29) is 0 Å². The van der Waals surface area contributed by atoms with Crippen molar-refractivity contribution in [3.8, 4) is 0 Å². The first-order valence-corrected chi connectivity index (χ1v) is 31.1. The fraction of sp³-hybridized carbons (Fsp3) is 0.333. The van der Waals surface area contributed by atoms with E-state index in [1.54, 1.807) is 7.11 Å². The van der Waals surface area contributed by atoms with Gasteiger partial charge in [0.05, 0.1) is 0 Å². The van der Waals surface area contributed by atoms with Crippen LogP contribution in [-0.2, 0) is 20.9 Å². The Morgan fingerprint density at radius 2 is 0.841 bits per heavy atom. The van der Waals surface area contributed by atoms with Crippen molar-refractivity contribution in [2.75, 3.05) is 7.11 Å². The molecule has 0 fully saturated rings. The Hall–Kier alpha value is -1.76. The van der Waals surface area contributed by atoms with Crippen molar-refractivity contribution in [1.29, 1.82) is 0 Å². The highest BCUT2D eigenvalue weighted by Gasteiger charge is 2.54. The second kappa shape index (κ2) is 14.8. The molecule has 0 spiro atoms. The number of hydrogen-bond donors (Lipinski definition) is 0. The van der Waals surface area contributed by atoms with Crippen LogP contribution in [0.25, 0.3) is 0 Å². The maximum atomic E-state index is 7.36. The minimum atomic E-state index is -3.37. The van der Waals surface area contributed by atoms with Gasteiger partial charge in [-0.05, 0) is 74.8 Å². The summed E-state index contributed by atoms with van der Waals surface area (Å²) in [5.74, 6) is 0. The Bertz CT molecular complexity index is 1290. The Morgan fingerprint density at radius 1 is 0.500 bits per heavy atom. The van der Waals surface area contributed by atoms with Crippen LogP contribution in [0.2, 0.25) is 64.5 Å². The molecule has 0 aliphatic rings. The van der Waals surface area contributed by atoms with Crippen LogP contribution in [0.5, 0.6) is 0 Å². The van der Waals surface area contributed by atoms with Crippen LogP contribution in [0.1, 0.15) is 0 Å². The van der Waals surface area contributed by atoms with E-state index in [1.165, 1.54) is 0 Å². The standard InChI is InChI=1S/C33H52O5Si6/c1-12-39(4,5)36-44(37-40(6,7)13-2,33-27-21-16-22-28-33)38-42(10,11)30-29-41(8,9)35-43(34-3,31-23-17-14-18-24-31)32-25-19-15-20-26-32/h12-28H,1-2,29-30H2,3-11H3. The lowest BCUT2D eigenvalue weighted by Gasteiger charge is -2.44. The molecule has 0 saturated carbocycles. The second-order valence-electron chi connectivity index (χ2n) is 13.5. The van der Waals surface area contributed by atoms with Crippen molar-refractivity contribution in [3.63, 3.8) is 0 Å². The van der Waals surface area contributed by atoms with E-state index in [0.29, 0.717) is 0 Å². The highest BCUT2D eigenvalue weighted by molar-refractivity contribution is 6.99. The lowest BCUT2D eigenvalue weighted by atomic mass is 10.4. The largest absolute Gasteiger partial charge is 0.506 e. The Balaban J connectivity index is 1.97. The molecule has 0 aliphatic carbocycles. The molecule has 0 radical (unpaired) electrons. The van der Waals surface area contributed by atoms with Crippen molar-refractivity contribution < 1.29 is 20.9 Å². The van der Waals surface area contributed by atoms with E-state index in [1.807, 2.05) is 41.7 Å². The van der Waals surface area contributed by atoms with Crippen LogP contribution in [0.15, 0.2) is 116 Å². The smallest absolute Gasteiger partial charge is 0.429 e. The Morgan fingerprint density at radius 3 is 1.18 bits per heavy atom. The summed E-state index contributed by atoms with van der Waals surface area (Å²) >= 11 is 0. The average molecular weight is 697 g/mol. The third-order valence-electron chi connectivity index (χ3n) is 7.66. The molecular weight excluding hydrogens is 645 g/mol. The molecule has 0 unspecified atom stereocenters. The van der Waals surface area contributed by atoms with Crippen molar-refractivity contribution in [1.82, 2.24) is 0 Å². The molecule has 5 nitrogen and oxygen atoms in total. The van der Waals surface area contributed by atoms with Gasteiger partial charge in [0.2, 0.25) is 16.6 Å². The van der Waals surface area contributed by atoms with Crippen LogP contribution in [0, 0.1) is 0 Å². The molecule has 0 aliphatic heterocycles. The normalized spacial score (nSPS) is 13.5. The topological polar surface area (TPSA) is 46.2 Å². The summed E-state index contributed by atoms with van der Waals surface area (Å²) in [7, 11) is -13.8. The molecule has 3 rings (SSSR count). The molecule has 44 heavy (non-hydrogen) atoms. The van der Waals surface area contributed by atoms with Gasteiger partial charge in [-0.3, -0.25) is 0 Å². The van der Waals surface area contributed by atoms with E-state index >= 15 is 0 Å². The summed E-state index contributed by atoms with van der Waals surface area (Å²) < 4.78 is 35.3. The van der Waals surface area contributed by atoms with E-state index in [9.17, 15) is 0 Å². The Labute approximate surface area is 273 Å². The first kappa shape index (κ1) is 36.7. The monoisotopic (exact) mass is 696 g/mol. The molecular formula is C33H52O5Si6. The number of benzene rings is 3. The molecule has 3 aromatic rings. The summed E-state index contributed by atoms with van der Waals surface area (Å²) in [4.78, 5) is 0. The first-order valence-electron chi connectivity index (χ1n) is 15.3. The molecule has 0 amide bonds. The molecule has 0 N–H and O–H groups in total. The third kappa shape index (κ3) is 9.62. The fourth-order valence-corrected chi connectivity index (χ4v) is 29.8. The van der Waals surface area contributed by atoms with Crippen LogP contribution in [0.4, 0.5) is 0 Å². The van der Waals surface area contributed by atoms with Crippen molar-refractivity contribution in [3.05, 3.63) is 116 Å². The number of hydrogen-bond acceptors (Lipinski definition) is 5. The van der Waals surface area contributed by atoms with Crippen molar-refractivity contribution >= 4 is 66.2 Å². The van der Waals surface area contributed by atoms with Gasteiger partial charge in [-0.2, -0.15) is 0 Å². The Kier molecular flexibility index (Phi) is 12.3. The fourth-order valence-electron chi connectivity index (χ4n) is 4.99.